The molecule has 7 nitrogen and oxygen atoms in total. The Hall–Kier alpha value is -2.19. The Balaban J connectivity index is 0.00000306. The van der Waals surface area contributed by atoms with E-state index in [1.54, 1.807) is 7.11 Å². The van der Waals surface area contributed by atoms with Crippen LogP contribution in [0.2, 0.25) is 0 Å². The number of benzene rings is 1. The topological polar surface area (TPSA) is 69.7 Å². The fraction of sp³-hybridized carbons (Fsp3) is 0.520. The summed E-state index contributed by atoms with van der Waals surface area (Å²) >= 11 is 0. The molecule has 3 heterocycles. The lowest BCUT2D eigenvalue weighted by Crippen LogP contribution is -2.59. The molecule has 1 amide bonds. The molecule has 0 bridgehead atoms. The number of methoxy groups -OCH3 is 1. The summed E-state index contributed by atoms with van der Waals surface area (Å²) in [6.07, 6.45) is 1.92. The number of aryl methyl sites for hydroxylation is 1. The Morgan fingerprint density at radius 3 is 2.82 bits per heavy atom. The summed E-state index contributed by atoms with van der Waals surface area (Å²) in [5.41, 5.74) is 4.11. The molecule has 33 heavy (non-hydrogen) atoms. The van der Waals surface area contributed by atoms with Gasteiger partial charge in [0, 0.05) is 67.8 Å². The van der Waals surface area contributed by atoms with E-state index in [1.165, 1.54) is 0 Å². The zero-order valence-electron chi connectivity index (χ0n) is 20.2. The Bertz CT molecular complexity index is 983. The first-order valence-electron chi connectivity index (χ1n) is 11.4. The van der Waals surface area contributed by atoms with Gasteiger partial charge in [-0.2, -0.15) is 0 Å². The molecule has 1 aromatic carbocycles. The summed E-state index contributed by atoms with van der Waals surface area (Å²) < 4.78 is 5.40. The van der Waals surface area contributed by atoms with E-state index in [1.807, 2.05) is 35.4 Å². The van der Waals surface area contributed by atoms with Crippen molar-refractivity contribution in [3.63, 3.8) is 0 Å². The van der Waals surface area contributed by atoms with E-state index < -0.39 is 0 Å². The SMILES string of the molecule is COC[C@H]1CN[C@H](C)CN1CC(=O)N1CC(C)(C)c2cnc(Nc3ccccc3C)cc21.Cl. The number of hydrogen-bond donors (Lipinski definition) is 2. The van der Waals surface area contributed by atoms with Gasteiger partial charge in [-0.25, -0.2) is 4.98 Å². The van der Waals surface area contributed by atoms with Crippen molar-refractivity contribution in [2.45, 2.75) is 45.2 Å². The highest BCUT2D eigenvalue weighted by molar-refractivity contribution is 5.98. The summed E-state index contributed by atoms with van der Waals surface area (Å²) in [4.78, 5) is 22.4. The number of carbonyl (C=O) groups is 1. The molecule has 2 aromatic rings. The molecule has 1 aromatic heterocycles. The molecule has 1 fully saturated rings. The monoisotopic (exact) mass is 473 g/mol. The van der Waals surface area contributed by atoms with Crippen LogP contribution in [0, 0.1) is 6.92 Å². The maximum Gasteiger partial charge on any atom is 0.241 e. The summed E-state index contributed by atoms with van der Waals surface area (Å²) in [5.74, 6) is 0.877. The van der Waals surface area contributed by atoms with Crippen molar-refractivity contribution in [1.82, 2.24) is 15.2 Å². The van der Waals surface area contributed by atoms with Gasteiger partial charge in [0.1, 0.15) is 5.82 Å². The molecule has 0 saturated carbocycles. The van der Waals surface area contributed by atoms with Gasteiger partial charge in [-0.05, 0) is 25.5 Å². The molecule has 180 valence electrons. The standard InChI is InChI=1S/C25H35N5O2.ClH/c1-17-8-6-7-9-21(17)28-23-10-22-20(12-27-23)25(3,4)16-30(22)24(31)14-29-13-18(2)26-11-19(29)15-32-5;/h6-10,12,18-19,26H,11,13-16H2,1-5H3,(H,27,28);1H/t18-,19-;/m1./s1. The van der Waals surface area contributed by atoms with Crippen molar-refractivity contribution in [3.8, 4) is 0 Å². The number of halogens is 1. The van der Waals surface area contributed by atoms with Gasteiger partial charge in [-0.15, -0.1) is 12.4 Å². The van der Waals surface area contributed by atoms with Gasteiger partial charge < -0.3 is 20.3 Å². The van der Waals surface area contributed by atoms with E-state index in [-0.39, 0.29) is 29.8 Å². The number of para-hydroxylation sites is 1. The molecule has 2 aliphatic rings. The molecule has 0 radical (unpaired) electrons. The molecule has 8 heteroatoms. The highest BCUT2D eigenvalue weighted by Gasteiger charge is 2.39. The van der Waals surface area contributed by atoms with E-state index in [4.69, 9.17) is 4.74 Å². The number of aromatic nitrogens is 1. The highest BCUT2D eigenvalue weighted by atomic mass is 35.5. The molecule has 1 saturated heterocycles. The minimum absolute atomic E-state index is 0. The maximum absolute atomic E-state index is 13.5. The van der Waals surface area contributed by atoms with Crippen molar-refractivity contribution in [3.05, 3.63) is 47.7 Å². The number of nitrogens with zero attached hydrogens (tertiary/aromatic N) is 3. The summed E-state index contributed by atoms with van der Waals surface area (Å²) in [6.45, 7) is 11.9. The minimum atomic E-state index is -0.137. The number of fused-ring (bicyclic) bond motifs is 1. The average Bonchev–Trinajstić information content (AvgIpc) is 3.02. The predicted octanol–water partition coefficient (Wildman–Crippen LogP) is 3.49. The Morgan fingerprint density at radius 2 is 2.09 bits per heavy atom. The quantitative estimate of drug-likeness (QED) is 0.669. The van der Waals surface area contributed by atoms with E-state index in [2.05, 4.69) is 54.3 Å². The zero-order valence-corrected chi connectivity index (χ0v) is 21.0. The van der Waals surface area contributed by atoms with Crippen molar-refractivity contribution in [1.29, 1.82) is 0 Å². The molecular weight excluding hydrogens is 438 g/mol. The summed E-state index contributed by atoms with van der Waals surface area (Å²) in [6, 6.07) is 10.7. The van der Waals surface area contributed by atoms with Crippen LogP contribution in [0.25, 0.3) is 0 Å². The van der Waals surface area contributed by atoms with Gasteiger partial charge in [0.15, 0.2) is 0 Å². The maximum atomic E-state index is 13.5. The van der Waals surface area contributed by atoms with Gasteiger partial charge in [0.05, 0.1) is 18.8 Å². The van der Waals surface area contributed by atoms with Crippen LogP contribution < -0.4 is 15.5 Å². The van der Waals surface area contributed by atoms with Crippen LogP contribution in [-0.2, 0) is 14.9 Å². The molecule has 0 aliphatic carbocycles. The molecule has 4 rings (SSSR count). The van der Waals surface area contributed by atoms with Gasteiger partial charge in [0.2, 0.25) is 5.91 Å². The predicted molar refractivity (Wildman–Crippen MR) is 136 cm³/mol. The second-order valence-corrected chi connectivity index (χ2v) is 9.74. The molecule has 2 N–H and O–H groups in total. The fourth-order valence-electron chi connectivity index (χ4n) is 4.74. The lowest BCUT2D eigenvalue weighted by molar-refractivity contribution is -0.121. The number of pyridine rings is 1. The van der Waals surface area contributed by atoms with Crippen LogP contribution in [0.4, 0.5) is 17.2 Å². The summed E-state index contributed by atoms with van der Waals surface area (Å²) in [5, 5.41) is 6.91. The molecule has 2 aliphatic heterocycles. The molecule has 2 atom stereocenters. The lowest BCUT2D eigenvalue weighted by atomic mass is 9.88. The van der Waals surface area contributed by atoms with Crippen molar-refractivity contribution < 1.29 is 9.53 Å². The third kappa shape index (κ3) is 5.49. The fourth-order valence-corrected chi connectivity index (χ4v) is 4.74. The van der Waals surface area contributed by atoms with Crippen LogP contribution in [0.15, 0.2) is 36.5 Å². The van der Waals surface area contributed by atoms with Crippen LogP contribution >= 0.6 is 12.4 Å². The largest absolute Gasteiger partial charge is 0.383 e. The van der Waals surface area contributed by atoms with Gasteiger partial charge >= 0.3 is 0 Å². The summed E-state index contributed by atoms with van der Waals surface area (Å²) in [7, 11) is 1.72. The highest BCUT2D eigenvalue weighted by Crippen LogP contribution is 2.41. The molecule has 0 spiro atoms. The first-order chi connectivity index (χ1) is 15.3. The van der Waals surface area contributed by atoms with E-state index in [0.717, 1.165) is 41.4 Å². The Morgan fingerprint density at radius 1 is 1.33 bits per heavy atom. The number of hydrogen-bond acceptors (Lipinski definition) is 6. The minimum Gasteiger partial charge on any atom is -0.383 e. The second kappa shape index (κ2) is 10.4. The van der Waals surface area contributed by atoms with E-state index in [0.29, 0.717) is 25.7 Å². The Labute approximate surface area is 203 Å². The van der Waals surface area contributed by atoms with E-state index >= 15 is 0 Å². The second-order valence-electron chi connectivity index (χ2n) is 9.74. The number of amides is 1. The average molecular weight is 474 g/mol. The lowest BCUT2D eigenvalue weighted by Gasteiger charge is -2.39. The van der Waals surface area contributed by atoms with E-state index in [9.17, 15) is 4.79 Å². The van der Waals surface area contributed by atoms with Crippen LogP contribution in [0.3, 0.4) is 0 Å². The van der Waals surface area contributed by atoms with Gasteiger partial charge in [0.25, 0.3) is 0 Å². The number of nitrogens with one attached hydrogen (secondary N) is 2. The number of carbonyl (C=O) groups excluding carboxylic acids is 1. The third-order valence-corrected chi connectivity index (χ3v) is 6.59. The number of piperazine rings is 1. The number of rotatable bonds is 6. The molecule has 0 unspecified atom stereocenters. The van der Waals surface area contributed by atoms with Gasteiger partial charge in [-0.1, -0.05) is 32.0 Å². The molecular formula is C25H36ClN5O2. The Kier molecular flexibility index (Phi) is 8.00. The van der Waals surface area contributed by atoms with Crippen molar-refractivity contribution in [2.75, 3.05) is 50.1 Å². The van der Waals surface area contributed by atoms with Crippen molar-refractivity contribution >= 4 is 35.5 Å². The van der Waals surface area contributed by atoms with Crippen LogP contribution in [-0.4, -0.2) is 67.8 Å². The first kappa shape index (κ1) is 25.4. The normalized spacial score (nSPS) is 21.9. The first-order valence-corrected chi connectivity index (χ1v) is 11.4. The zero-order chi connectivity index (χ0) is 22.9. The van der Waals surface area contributed by atoms with Gasteiger partial charge in [-0.3, -0.25) is 9.69 Å². The van der Waals surface area contributed by atoms with Crippen LogP contribution in [0.1, 0.15) is 31.9 Å². The van der Waals surface area contributed by atoms with Crippen LogP contribution in [0.5, 0.6) is 0 Å². The number of anilines is 3. The van der Waals surface area contributed by atoms with Crippen molar-refractivity contribution in [2.24, 2.45) is 0 Å². The third-order valence-electron chi connectivity index (χ3n) is 6.59. The smallest absolute Gasteiger partial charge is 0.241 e. The number of ether oxygens (including phenoxy) is 1.